The Morgan fingerprint density at radius 3 is 2.67 bits per heavy atom. The van der Waals surface area contributed by atoms with Crippen molar-refractivity contribution in [2.45, 2.75) is 38.0 Å². The van der Waals surface area contributed by atoms with E-state index < -0.39 is 17.2 Å². The minimum atomic E-state index is -0.804. The number of pyridine rings is 1. The lowest BCUT2D eigenvalue weighted by Gasteiger charge is -2.16. The van der Waals surface area contributed by atoms with Crippen molar-refractivity contribution in [3.8, 4) is 0 Å². The first-order valence-corrected chi connectivity index (χ1v) is 11.0. The molecule has 1 aliphatic carbocycles. The van der Waals surface area contributed by atoms with Gasteiger partial charge in [-0.3, -0.25) is 24.4 Å². The fourth-order valence-electron chi connectivity index (χ4n) is 4.11. The lowest BCUT2D eigenvalue weighted by atomic mass is 9.87. The molecule has 1 aromatic heterocycles. The zero-order chi connectivity index (χ0) is 24.1. The molecule has 3 rings (SSSR count). The van der Waals surface area contributed by atoms with Crippen LogP contribution in [-0.2, 0) is 9.59 Å². The standard InChI is InChI=1S/C24H24BClN4O3/c1-13-7-18(30-12-17(26)11-27)8-14(2)21(13)22-20(31)9-15(23(22)32)3-5-29-24(33)19-10-16(25)4-6-28-19/h4,6-8,10-12,15,17,22,27H,3,5,9H2,1-2H3,(H,29,33). The Morgan fingerprint density at radius 1 is 1.33 bits per heavy atom. The smallest absolute Gasteiger partial charge is 0.269 e. The van der Waals surface area contributed by atoms with E-state index in [9.17, 15) is 14.4 Å². The number of benzene rings is 1. The maximum atomic E-state index is 13.1. The molecule has 0 aliphatic heterocycles. The van der Waals surface area contributed by atoms with E-state index in [1.807, 2.05) is 13.8 Å². The van der Waals surface area contributed by atoms with Crippen molar-refractivity contribution >= 4 is 60.5 Å². The molecule has 0 saturated heterocycles. The van der Waals surface area contributed by atoms with E-state index in [1.165, 1.54) is 18.5 Å². The highest BCUT2D eigenvalue weighted by Gasteiger charge is 2.42. The van der Waals surface area contributed by atoms with Crippen molar-refractivity contribution in [3.05, 3.63) is 52.8 Å². The number of Topliss-reactive ketones (excluding diaryl/α,β-unsaturated/α-hetero) is 2. The highest BCUT2D eigenvalue weighted by Crippen LogP contribution is 2.38. The SMILES string of the molecule is [B]c1ccnc(C(=O)NCCC2CC(=O)C(c3c(C)cc(N=CC(Cl)C=N)cc3C)C2=O)c1. The monoisotopic (exact) mass is 462 g/mol. The van der Waals surface area contributed by atoms with Gasteiger partial charge in [-0.15, -0.1) is 11.6 Å². The van der Waals surface area contributed by atoms with Gasteiger partial charge in [0.25, 0.3) is 5.91 Å². The number of hydrogen-bond acceptors (Lipinski definition) is 6. The molecule has 3 unspecified atom stereocenters. The zero-order valence-electron chi connectivity index (χ0n) is 18.5. The number of carbonyl (C=O) groups excluding carboxylic acids is 3. The number of ketones is 2. The zero-order valence-corrected chi connectivity index (χ0v) is 19.2. The number of halogens is 1. The van der Waals surface area contributed by atoms with Crippen LogP contribution in [-0.4, -0.2) is 54.7 Å². The Hall–Kier alpha value is -3.13. The second kappa shape index (κ2) is 10.7. The molecule has 9 heteroatoms. The molecule has 1 amide bonds. The average Bonchev–Trinajstić information content (AvgIpc) is 3.05. The molecule has 2 radical (unpaired) electrons. The lowest BCUT2D eigenvalue weighted by molar-refractivity contribution is -0.124. The van der Waals surface area contributed by atoms with Gasteiger partial charge in [-0.2, -0.15) is 0 Å². The molecule has 0 spiro atoms. The fourth-order valence-corrected chi connectivity index (χ4v) is 4.16. The number of carbonyl (C=O) groups is 3. The summed E-state index contributed by atoms with van der Waals surface area (Å²) >= 11 is 5.87. The first-order valence-electron chi connectivity index (χ1n) is 10.6. The van der Waals surface area contributed by atoms with E-state index in [0.717, 1.165) is 17.3 Å². The van der Waals surface area contributed by atoms with Crippen LogP contribution in [0.1, 0.15) is 45.9 Å². The second-order valence-electron chi connectivity index (χ2n) is 8.10. The number of amides is 1. The Kier molecular flexibility index (Phi) is 7.92. The Morgan fingerprint density at radius 2 is 2.03 bits per heavy atom. The van der Waals surface area contributed by atoms with Crippen molar-refractivity contribution in [2.75, 3.05) is 6.54 Å². The van der Waals surface area contributed by atoms with Crippen LogP contribution in [0.5, 0.6) is 0 Å². The van der Waals surface area contributed by atoms with Crippen LogP contribution < -0.4 is 10.8 Å². The van der Waals surface area contributed by atoms with Gasteiger partial charge in [0.05, 0.1) is 5.69 Å². The van der Waals surface area contributed by atoms with E-state index in [1.54, 1.807) is 18.2 Å². The molecule has 1 heterocycles. The van der Waals surface area contributed by atoms with Crippen LogP contribution in [0.2, 0.25) is 0 Å². The van der Waals surface area contributed by atoms with E-state index in [-0.39, 0.29) is 36.1 Å². The molecule has 1 aliphatic rings. The predicted octanol–water partition coefficient (Wildman–Crippen LogP) is 2.51. The lowest BCUT2D eigenvalue weighted by Crippen LogP contribution is -2.28. The summed E-state index contributed by atoms with van der Waals surface area (Å²) in [6.07, 6.45) is 4.51. The fraction of sp³-hybridized carbons (Fsp3) is 0.333. The third-order valence-corrected chi connectivity index (χ3v) is 5.88. The summed E-state index contributed by atoms with van der Waals surface area (Å²) in [6.45, 7) is 3.95. The topological polar surface area (TPSA) is 112 Å². The van der Waals surface area contributed by atoms with Crippen LogP contribution in [0, 0.1) is 25.2 Å². The molecule has 1 aromatic carbocycles. The van der Waals surface area contributed by atoms with Gasteiger partial charge in [0.2, 0.25) is 0 Å². The quantitative estimate of drug-likeness (QED) is 0.272. The number of nitrogens with one attached hydrogen (secondary N) is 2. The third-order valence-electron chi connectivity index (χ3n) is 5.64. The first kappa shape index (κ1) is 24.5. The average molecular weight is 463 g/mol. The predicted molar refractivity (Wildman–Crippen MR) is 130 cm³/mol. The van der Waals surface area contributed by atoms with E-state index in [0.29, 0.717) is 23.1 Å². The van der Waals surface area contributed by atoms with Gasteiger partial charge in [0.15, 0.2) is 5.78 Å². The molecular weight excluding hydrogens is 439 g/mol. The minimum Gasteiger partial charge on any atom is -0.351 e. The van der Waals surface area contributed by atoms with Gasteiger partial charge in [-0.1, -0.05) is 11.5 Å². The summed E-state index contributed by atoms with van der Waals surface area (Å²) in [5.74, 6) is -1.86. The summed E-state index contributed by atoms with van der Waals surface area (Å²) in [5, 5.41) is 9.28. The number of aromatic nitrogens is 1. The van der Waals surface area contributed by atoms with Crippen molar-refractivity contribution in [1.29, 1.82) is 5.41 Å². The summed E-state index contributed by atoms with van der Waals surface area (Å²) in [7, 11) is 5.67. The van der Waals surface area contributed by atoms with Gasteiger partial charge in [0, 0.05) is 37.5 Å². The van der Waals surface area contributed by atoms with Crippen molar-refractivity contribution in [2.24, 2.45) is 10.9 Å². The van der Waals surface area contributed by atoms with Gasteiger partial charge >= 0.3 is 0 Å². The number of aryl methyl sites for hydroxylation is 2. The van der Waals surface area contributed by atoms with Crippen LogP contribution >= 0.6 is 11.6 Å². The maximum absolute atomic E-state index is 13.1. The third kappa shape index (κ3) is 5.82. The maximum Gasteiger partial charge on any atom is 0.269 e. The van der Waals surface area contributed by atoms with Gasteiger partial charge in [-0.05, 0) is 55.2 Å². The highest BCUT2D eigenvalue weighted by molar-refractivity contribution is 6.36. The molecular formula is C24H24BClN4O3. The van der Waals surface area contributed by atoms with E-state index in [4.69, 9.17) is 24.9 Å². The van der Waals surface area contributed by atoms with Crippen molar-refractivity contribution in [3.63, 3.8) is 0 Å². The number of hydrogen-bond donors (Lipinski definition) is 2. The van der Waals surface area contributed by atoms with Crippen molar-refractivity contribution < 1.29 is 14.4 Å². The van der Waals surface area contributed by atoms with Gasteiger partial charge in [-0.25, -0.2) is 0 Å². The summed E-state index contributed by atoms with van der Waals surface area (Å²) in [6, 6.07) is 6.68. The summed E-state index contributed by atoms with van der Waals surface area (Å²) < 4.78 is 0. The molecule has 0 bridgehead atoms. The molecule has 7 nitrogen and oxygen atoms in total. The van der Waals surface area contributed by atoms with Crippen LogP contribution in [0.3, 0.4) is 0 Å². The van der Waals surface area contributed by atoms with Gasteiger partial charge in [0.1, 0.15) is 30.6 Å². The molecule has 1 saturated carbocycles. The highest BCUT2D eigenvalue weighted by atomic mass is 35.5. The Labute approximate surface area is 199 Å². The Bertz CT molecular complexity index is 1110. The number of aliphatic imine (C=N–C) groups is 1. The molecule has 3 atom stereocenters. The number of rotatable bonds is 8. The number of alkyl halides is 1. The van der Waals surface area contributed by atoms with Crippen molar-refractivity contribution in [1.82, 2.24) is 10.3 Å². The first-order chi connectivity index (χ1) is 15.7. The molecule has 1 fully saturated rings. The van der Waals surface area contributed by atoms with E-state index >= 15 is 0 Å². The van der Waals surface area contributed by atoms with E-state index in [2.05, 4.69) is 15.3 Å². The Balaban J connectivity index is 1.68. The van der Waals surface area contributed by atoms with Gasteiger partial charge < -0.3 is 10.7 Å². The minimum absolute atomic E-state index is 0.110. The number of nitrogens with zero attached hydrogens (tertiary/aromatic N) is 2. The summed E-state index contributed by atoms with van der Waals surface area (Å²) in [4.78, 5) is 46.4. The molecule has 2 N–H and O–H groups in total. The summed E-state index contributed by atoms with van der Waals surface area (Å²) in [5.41, 5.74) is 3.61. The van der Waals surface area contributed by atoms with Crippen LogP contribution in [0.15, 0.2) is 35.5 Å². The largest absolute Gasteiger partial charge is 0.351 e. The normalized spacial score (nSPS) is 19.1. The second-order valence-corrected chi connectivity index (χ2v) is 8.61. The van der Waals surface area contributed by atoms with Crippen LogP contribution in [0.25, 0.3) is 0 Å². The molecule has 33 heavy (non-hydrogen) atoms. The molecule has 2 aromatic rings. The molecule has 168 valence electrons. The van der Waals surface area contributed by atoms with Crippen LogP contribution in [0.4, 0.5) is 5.69 Å².